The van der Waals surface area contributed by atoms with Gasteiger partial charge in [-0.1, -0.05) is 19.9 Å². The molecule has 1 saturated heterocycles. The van der Waals surface area contributed by atoms with Gasteiger partial charge in [-0.25, -0.2) is 4.79 Å². The summed E-state index contributed by atoms with van der Waals surface area (Å²) in [5.41, 5.74) is 5.23. The first kappa shape index (κ1) is 15.8. The molecule has 5 nitrogen and oxygen atoms in total. The smallest absolute Gasteiger partial charge is 0.312 e. The molecule has 1 aromatic heterocycles. The van der Waals surface area contributed by atoms with E-state index in [2.05, 4.69) is 19.2 Å². The number of likely N-dealkylation sites (tertiary alicyclic amines) is 1. The summed E-state index contributed by atoms with van der Waals surface area (Å²) in [5.74, 6) is 1.14. The number of primary amides is 1. The molecular formula is C15H23N3O2S. The van der Waals surface area contributed by atoms with Gasteiger partial charge >= 0.3 is 6.03 Å². The minimum absolute atomic E-state index is 0.0838. The van der Waals surface area contributed by atoms with Crippen LogP contribution in [0.2, 0.25) is 0 Å². The lowest BCUT2D eigenvalue weighted by molar-refractivity contribution is -0.134. The maximum Gasteiger partial charge on any atom is 0.312 e. The van der Waals surface area contributed by atoms with E-state index in [0.29, 0.717) is 11.8 Å². The normalized spacial score (nSPS) is 23.6. The summed E-state index contributed by atoms with van der Waals surface area (Å²) in [7, 11) is 0. The molecule has 0 radical (unpaired) electrons. The van der Waals surface area contributed by atoms with Gasteiger partial charge in [0.15, 0.2) is 0 Å². The molecule has 3 atom stereocenters. The summed E-state index contributed by atoms with van der Waals surface area (Å²) in [5, 5.41) is 4.61. The Morgan fingerprint density at radius 2 is 2.10 bits per heavy atom. The molecule has 1 aromatic rings. The summed E-state index contributed by atoms with van der Waals surface area (Å²) in [6, 6.07) is 2.90. The Balaban J connectivity index is 2.02. The number of carbonyl (C=O) groups excluding carboxylic acids is 2. The number of carbonyl (C=O) groups is 2. The van der Waals surface area contributed by atoms with Gasteiger partial charge in [-0.3, -0.25) is 4.79 Å². The lowest BCUT2D eigenvalue weighted by atomic mass is 9.91. The second-order valence-corrected chi connectivity index (χ2v) is 7.00. The Kier molecular flexibility index (Phi) is 5.22. The van der Waals surface area contributed by atoms with Gasteiger partial charge in [-0.2, -0.15) is 0 Å². The van der Waals surface area contributed by atoms with Crippen LogP contribution in [0, 0.1) is 11.8 Å². The van der Waals surface area contributed by atoms with Crippen molar-refractivity contribution in [3.05, 3.63) is 22.4 Å². The Morgan fingerprint density at radius 1 is 1.43 bits per heavy atom. The topological polar surface area (TPSA) is 75.4 Å². The average Bonchev–Trinajstić information content (AvgIpc) is 2.89. The van der Waals surface area contributed by atoms with E-state index in [-0.39, 0.29) is 18.4 Å². The van der Waals surface area contributed by atoms with Gasteiger partial charge in [0.05, 0.1) is 12.5 Å². The Labute approximate surface area is 129 Å². The molecule has 2 heterocycles. The first-order valence-corrected chi connectivity index (χ1v) is 8.20. The molecule has 2 rings (SSSR count). The number of amides is 3. The number of rotatable bonds is 4. The van der Waals surface area contributed by atoms with E-state index >= 15 is 0 Å². The monoisotopic (exact) mass is 309 g/mol. The van der Waals surface area contributed by atoms with Crippen molar-refractivity contribution in [1.29, 1.82) is 0 Å². The number of urea groups is 1. The van der Waals surface area contributed by atoms with E-state index in [0.717, 1.165) is 24.4 Å². The van der Waals surface area contributed by atoms with Gasteiger partial charge in [0, 0.05) is 18.0 Å². The summed E-state index contributed by atoms with van der Waals surface area (Å²) < 4.78 is 0. The second-order valence-electron chi connectivity index (χ2n) is 6.03. The fourth-order valence-electron chi connectivity index (χ4n) is 3.05. The van der Waals surface area contributed by atoms with Crippen LogP contribution in [0.1, 0.15) is 37.6 Å². The first-order chi connectivity index (χ1) is 9.95. The molecule has 1 fully saturated rings. The predicted octanol–water partition coefficient (Wildman–Crippen LogP) is 2.35. The van der Waals surface area contributed by atoms with Crippen molar-refractivity contribution in [2.24, 2.45) is 17.6 Å². The molecule has 3 unspecified atom stereocenters. The van der Waals surface area contributed by atoms with Crippen molar-refractivity contribution in [3.8, 4) is 0 Å². The van der Waals surface area contributed by atoms with Crippen LogP contribution < -0.4 is 11.1 Å². The van der Waals surface area contributed by atoms with Crippen LogP contribution in [0.15, 0.2) is 17.5 Å². The molecular weight excluding hydrogens is 286 g/mol. The third kappa shape index (κ3) is 4.46. The van der Waals surface area contributed by atoms with Gasteiger partial charge < -0.3 is 16.0 Å². The van der Waals surface area contributed by atoms with Gasteiger partial charge in [-0.05, 0) is 29.7 Å². The van der Waals surface area contributed by atoms with Crippen molar-refractivity contribution < 1.29 is 9.59 Å². The number of piperidine rings is 1. The van der Waals surface area contributed by atoms with E-state index in [4.69, 9.17) is 5.73 Å². The maximum absolute atomic E-state index is 12.5. The molecule has 1 aliphatic rings. The van der Waals surface area contributed by atoms with E-state index in [1.165, 1.54) is 11.3 Å². The van der Waals surface area contributed by atoms with Crippen molar-refractivity contribution >= 4 is 23.3 Å². The second kappa shape index (κ2) is 6.93. The SMILES string of the molecule is CC1CC(C)CN(C(=O)CC(NC(N)=O)c2cccs2)C1. The molecule has 0 aliphatic carbocycles. The van der Waals surface area contributed by atoms with Crippen molar-refractivity contribution in [2.45, 2.75) is 32.7 Å². The van der Waals surface area contributed by atoms with Crippen LogP contribution in [-0.2, 0) is 4.79 Å². The highest BCUT2D eigenvalue weighted by molar-refractivity contribution is 7.10. The minimum Gasteiger partial charge on any atom is -0.352 e. The quantitative estimate of drug-likeness (QED) is 0.896. The molecule has 21 heavy (non-hydrogen) atoms. The minimum atomic E-state index is -0.596. The van der Waals surface area contributed by atoms with E-state index in [1.807, 2.05) is 22.4 Å². The first-order valence-electron chi connectivity index (χ1n) is 7.32. The summed E-state index contributed by atoms with van der Waals surface area (Å²) in [4.78, 5) is 26.5. The van der Waals surface area contributed by atoms with Gasteiger partial charge in [-0.15, -0.1) is 11.3 Å². The Hall–Kier alpha value is -1.56. The van der Waals surface area contributed by atoms with E-state index in [9.17, 15) is 9.59 Å². The summed E-state index contributed by atoms with van der Waals surface area (Å²) in [6.07, 6.45) is 1.43. The average molecular weight is 309 g/mol. The Morgan fingerprint density at radius 3 is 2.62 bits per heavy atom. The zero-order valence-corrected chi connectivity index (χ0v) is 13.4. The maximum atomic E-state index is 12.5. The van der Waals surface area contributed by atoms with Gasteiger partial charge in [0.25, 0.3) is 0 Å². The van der Waals surface area contributed by atoms with Crippen LogP contribution in [-0.4, -0.2) is 29.9 Å². The molecule has 0 saturated carbocycles. The number of thiophene rings is 1. The number of nitrogens with two attached hydrogens (primary N) is 1. The van der Waals surface area contributed by atoms with Crippen LogP contribution in [0.4, 0.5) is 4.79 Å². The number of nitrogens with one attached hydrogen (secondary N) is 1. The molecule has 3 N–H and O–H groups in total. The molecule has 3 amide bonds. The molecule has 0 spiro atoms. The van der Waals surface area contributed by atoms with Crippen molar-refractivity contribution in [3.63, 3.8) is 0 Å². The summed E-state index contributed by atoms with van der Waals surface area (Å²) >= 11 is 1.52. The Bertz CT molecular complexity index is 479. The third-order valence-corrected chi connectivity index (χ3v) is 4.79. The zero-order valence-electron chi connectivity index (χ0n) is 12.5. The van der Waals surface area contributed by atoms with Crippen LogP contribution in [0.5, 0.6) is 0 Å². The molecule has 0 aromatic carbocycles. The zero-order chi connectivity index (χ0) is 15.4. The predicted molar refractivity (Wildman–Crippen MR) is 83.9 cm³/mol. The van der Waals surface area contributed by atoms with Crippen molar-refractivity contribution in [1.82, 2.24) is 10.2 Å². The van der Waals surface area contributed by atoms with Crippen molar-refractivity contribution in [2.75, 3.05) is 13.1 Å². The summed E-state index contributed by atoms with van der Waals surface area (Å²) in [6.45, 7) is 5.95. The van der Waals surface area contributed by atoms with E-state index < -0.39 is 6.03 Å². The number of nitrogens with zero attached hydrogens (tertiary/aromatic N) is 1. The highest BCUT2D eigenvalue weighted by Crippen LogP contribution is 2.26. The third-order valence-electron chi connectivity index (χ3n) is 3.80. The highest BCUT2D eigenvalue weighted by Gasteiger charge is 2.28. The van der Waals surface area contributed by atoms with Gasteiger partial charge in [0.2, 0.25) is 5.91 Å². The number of hydrogen-bond acceptors (Lipinski definition) is 3. The lowest BCUT2D eigenvalue weighted by Crippen LogP contribution is -2.44. The largest absolute Gasteiger partial charge is 0.352 e. The number of hydrogen-bond donors (Lipinski definition) is 2. The molecule has 6 heteroatoms. The molecule has 0 bridgehead atoms. The molecule has 116 valence electrons. The fourth-order valence-corrected chi connectivity index (χ4v) is 3.83. The lowest BCUT2D eigenvalue weighted by Gasteiger charge is -2.35. The fraction of sp³-hybridized carbons (Fsp3) is 0.600. The van der Waals surface area contributed by atoms with Gasteiger partial charge in [0.1, 0.15) is 0 Å². The highest BCUT2D eigenvalue weighted by atomic mass is 32.1. The standard InChI is InChI=1S/C15H23N3O2S/c1-10-6-11(2)9-18(8-10)14(19)7-12(17-15(16)20)13-4-3-5-21-13/h3-5,10-12H,6-9H2,1-2H3,(H3,16,17,20). The van der Waals surface area contributed by atoms with Crippen LogP contribution in [0.25, 0.3) is 0 Å². The van der Waals surface area contributed by atoms with E-state index in [1.54, 1.807) is 0 Å². The van der Waals surface area contributed by atoms with Crippen LogP contribution >= 0.6 is 11.3 Å². The van der Waals surface area contributed by atoms with Crippen LogP contribution in [0.3, 0.4) is 0 Å². The molecule has 1 aliphatic heterocycles.